The molecule has 0 saturated carbocycles. The van der Waals surface area contributed by atoms with Crippen LogP contribution in [-0.2, 0) is 0 Å². The van der Waals surface area contributed by atoms with Crippen LogP contribution >= 0.6 is 0 Å². The second-order valence-electron chi connectivity index (χ2n) is 4.21. The zero-order valence-electron chi connectivity index (χ0n) is 9.96. The van der Waals surface area contributed by atoms with Crippen LogP contribution in [0.2, 0.25) is 0 Å². The molecule has 3 N–H and O–H groups in total. The van der Waals surface area contributed by atoms with Crippen LogP contribution in [0.15, 0.2) is 24.3 Å². The van der Waals surface area contributed by atoms with Crippen LogP contribution in [0, 0.1) is 6.92 Å². The highest BCUT2D eigenvalue weighted by Crippen LogP contribution is 2.13. The summed E-state index contributed by atoms with van der Waals surface area (Å²) in [4.78, 5) is 0. The van der Waals surface area contributed by atoms with Crippen molar-refractivity contribution in [2.75, 3.05) is 6.54 Å². The van der Waals surface area contributed by atoms with Gasteiger partial charge in [-0.1, -0.05) is 36.8 Å². The third kappa shape index (κ3) is 4.02. The first-order valence-electron chi connectivity index (χ1n) is 5.69. The molecule has 0 aliphatic carbocycles. The fourth-order valence-electron chi connectivity index (χ4n) is 1.53. The molecule has 2 unspecified atom stereocenters. The third-order valence-electron chi connectivity index (χ3n) is 2.75. The first-order valence-corrected chi connectivity index (χ1v) is 5.69. The fraction of sp³-hybridized carbons (Fsp3) is 0.538. The smallest absolute Gasteiger partial charge is 0.0292 e. The van der Waals surface area contributed by atoms with Crippen molar-refractivity contribution in [3.8, 4) is 0 Å². The minimum absolute atomic E-state index is 0.261. The zero-order valence-corrected chi connectivity index (χ0v) is 9.96. The minimum atomic E-state index is 0.261. The van der Waals surface area contributed by atoms with Crippen LogP contribution in [-0.4, -0.2) is 12.6 Å². The van der Waals surface area contributed by atoms with E-state index >= 15 is 0 Å². The standard InChI is InChI=1S/C13H22N2/c1-4-13(14)9-15-11(3)12-7-5-6-10(2)8-12/h5-8,11,13,15H,4,9,14H2,1-3H3. The molecule has 2 nitrogen and oxygen atoms in total. The van der Waals surface area contributed by atoms with E-state index < -0.39 is 0 Å². The molecule has 0 radical (unpaired) electrons. The molecule has 0 fully saturated rings. The average Bonchev–Trinajstić information content (AvgIpc) is 2.25. The van der Waals surface area contributed by atoms with Crippen LogP contribution in [0.25, 0.3) is 0 Å². The van der Waals surface area contributed by atoms with E-state index in [0.29, 0.717) is 6.04 Å². The Morgan fingerprint density at radius 1 is 1.40 bits per heavy atom. The molecule has 2 heteroatoms. The highest BCUT2D eigenvalue weighted by molar-refractivity contribution is 5.24. The number of nitrogens with two attached hydrogens (primary N) is 1. The lowest BCUT2D eigenvalue weighted by molar-refractivity contribution is 0.508. The van der Waals surface area contributed by atoms with E-state index in [1.54, 1.807) is 0 Å². The van der Waals surface area contributed by atoms with Crippen molar-refractivity contribution in [3.63, 3.8) is 0 Å². The van der Waals surface area contributed by atoms with Crippen molar-refractivity contribution in [2.45, 2.75) is 39.3 Å². The fourth-order valence-corrected chi connectivity index (χ4v) is 1.53. The molecule has 0 spiro atoms. The number of rotatable bonds is 5. The molecule has 2 atom stereocenters. The summed E-state index contributed by atoms with van der Waals surface area (Å²) in [7, 11) is 0. The predicted molar refractivity (Wildman–Crippen MR) is 65.9 cm³/mol. The Labute approximate surface area is 92.9 Å². The van der Waals surface area contributed by atoms with Crippen molar-refractivity contribution < 1.29 is 0 Å². The normalized spacial score (nSPS) is 14.9. The molecular formula is C13H22N2. The van der Waals surface area contributed by atoms with E-state index in [9.17, 15) is 0 Å². The maximum Gasteiger partial charge on any atom is 0.0292 e. The Hall–Kier alpha value is -0.860. The van der Waals surface area contributed by atoms with Gasteiger partial charge in [0.2, 0.25) is 0 Å². The van der Waals surface area contributed by atoms with Gasteiger partial charge >= 0.3 is 0 Å². The number of benzene rings is 1. The summed E-state index contributed by atoms with van der Waals surface area (Å²) < 4.78 is 0. The van der Waals surface area contributed by atoms with Crippen molar-refractivity contribution >= 4 is 0 Å². The summed E-state index contributed by atoms with van der Waals surface area (Å²) in [5.74, 6) is 0. The monoisotopic (exact) mass is 206 g/mol. The lowest BCUT2D eigenvalue weighted by Gasteiger charge is -2.17. The molecule has 0 aliphatic heterocycles. The Kier molecular flexibility index (Phi) is 4.79. The average molecular weight is 206 g/mol. The van der Waals surface area contributed by atoms with Gasteiger partial charge in [0.25, 0.3) is 0 Å². The first kappa shape index (κ1) is 12.2. The SMILES string of the molecule is CCC(N)CNC(C)c1cccc(C)c1. The largest absolute Gasteiger partial charge is 0.327 e. The predicted octanol–water partition coefficient (Wildman–Crippen LogP) is 2.38. The minimum Gasteiger partial charge on any atom is -0.327 e. The molecule has 15 heavy (non-hydrogen) atoms. The van der Waals surface area contributed by atoms with Crippen LogP contribution in [0.3, 0.4) is 0 Å². The highest BCUT2D eigenvalue weighted by Gasteiger charge is 2.06. The molecule has 84 valence electrons. The van der Waals surface area contributed by atoms with Gasteiger partial charge in [-0.25, -0.2) is 0 Å². The Balaban J connectivity index is 2.50. The summed E-state index contributed by atoms with van der Waals surface area (Å²) in [6.45, 7) is 7.29. The lowest BCUT2D eigenvalue weighted by Crippen LogP contribution is -2.34. The summed E-state index contributed by atoms with van der Waals surface area (Å²) in [5, 5.41) is 3.45. The van der Waals surface area contributed by atoms with Gasteiger partial charge in [-0.3, -0.25) is 0 Å². The number of hydrogen-bond donors (Lipinski definition) is 2. The van der Waals surface area contributed by atoms with Gasteiger partial charge in [0.05, 0.1) is 0 Å². The topological polar surface area (TPSA) is 38.0 Å². The summed E-state index contributed by atoms with van der Waals surface area (Å²) >= 11 is 0. The van der Waals surface area contributed by atoms with Gasteiger partial charge in [-0.05, 0) is 25.8 Å². The molecule has 1 rings (SSSR count). The summed E-state index contributed by atoms with van der Waals surface area (Å²) in [6.07, 6.45) is 1.02. The van der Waals surface area contributed by atoms with Gasteiger partial charge in [0, 0.05) is 18.6 Å². The van der Waals surface area contributed by atoms with E-state index in [4.69, 9.17) is 5.73 Å². The second-order valence-corrected chi connectivity index (χ2v) is 4.21. The van der Waals surface area contributed by atoms with Crippen LogP contribution < -0.4 is 11.1 Å². The van der Waals surface area contributed by atoms with Gasteiger partial charge < -0.3 is 11.1 Å². The summed E-state index contributed by atoms with van der Waals surface area (Å²) in [5.41, 5.74) is 8.50. The molecule has 0 bridgehead atoms. The van der Waals surface area contributed by atoms with Crippen LogP contribution in [0.5, 0.6) is 0 Å². The van der Waals surface area contributed by atoms with Crippen molar-refractivity contribution in [2.24, 2.45) is 5.73 Å². The maximum absolute atomic E-state index is 5.87. The summed E-state index contributed by atoms with van der Waals surface area (Å²) in [6, 6.07) is 9.23. The molecule has 1 aromatic carbocycles. The molecule has 0 saturated heterocycles. The molecule has 0 amide bonds. The lowest BCUT2D eigenvalue weighted by atomic mass is 10.1. The van der Waals surface area contributed by atoms with Crippen LogP contribution in [0.4, 0.5) is 0 Å². The highest BCUT2D eigenvalue weighted by atomic mass is 14.9. The Morgan fingerprint density at radius 2 is 2.13 bits per heavy atom. The number of aryl methyl sites for hydroxylation is 1. The molecule has 0 heterocycles. The Bertz CT molecular complexity index is 296. The molecule has 1 aromatic rings. The molecule has 0 aromatic heterocycles. The molecule has 0 aliphatic rings. The van der Waals surface area contributed by atoms with Crippen LogP contribution in [0.1, 0.15) is 37.4 Å². The van der Waals surface area contributed by atoms with Gasteiger partial charge in [0.15, 0.2) is 0 Å². The van der Waals surface area contributed by atoms with E-state index in [0.717, 1.165) is 13.0 Å². The van der Waals surface area contributed by atoms with E-state index in [1.165, 1.54) is 11.1 Å². The quantitative estimate of drug-likeness (QED) is 0.776. The third-order valence-corrected chi connectivity index (χ3v) is 2.75. The van der Waals surface area contributed by atoms with Gasteiger partial charge in [-0.2, -0.15) is 0 Å². The Morgan fingerprint density at radius 3 is 2.73 bits per heavy atom. The van der Waals surface area contributed by atoms with Crippen molar-refractivity contribution in [3.05, 3.63) is 35.4 Å². The zero-order chi connectivity index (χ0) is 11.3. The van der Waals surface area contributed by atoms with E-state index in [2.05, 4.69) is 50.4 Å². The number of hydrogen-bond acceptors (Lipinski definition) is 2. The first-order chi connectivity index (χ1) is 7.13. The van der Waals surface area contributed by atoms with Gasteiger partial charge in [-0.15, -0.1) is 0 Å². The van der Waals surface area contributed by atoms with Gasteiger partial charge in [0.1, 0.15) is 0 Å². The van der Waals surface area contributed by atoms with E-state index in [-0.39, 0.29) is 6.04 Å². The number of nitrogens with one attached hydrogen (secondary N) is 1. The maximum atomic E-state index is 5.87. The van der Waals surface area contributed by atoms with Crippen molar-refractivity contribution in [1.82, 2.24) is 5.32 Å². The molecular weight excluding hydrogens is 184 g/mol. The second kappa shape index (κ2) is 5.89. The van der Waals surface area contributed by atoms with E-state index in [1.807, 2.05) is 0 Å². The van der Waals surface area contributed by atoms with Crippen molar-refractivity contribution in [1.29, 1.82) is 0 Å².